The van der Waals surface area contributed by atoms with Gasteiger partial charge in [0, 0.05) is 0 Å². The zero-order valence-corrected chi connectivity index (χ0v) is 12.5. The van der Waals surface area contributed by atoms with Crippen molar-refractivity contribution in [3.8, 4) is 5.75 Å². The summed E-state index contributed by atoms with van der Waals surface area (Å²) in [4.78, 5) is 14.6. The number of carbonyl (C=O) groups is 1. The molecule has 0 bridgehead atoms. The Balaban J connectivity index is 1.92. The van der Waals surface area contributed by atoms with Crippen LogP contribution in [-0.4, -0.2) is 15.3 Å². The highest BCUT2D eigenvalue weighted by molar-refractivity contribution is 8.27. The van der Waals surface area contributed by atoms with Crippen molar-refractivity contribution in [2.45, 2.75) is 0 Å². The van der Waals surface area contributed by atoms with Gasteiger partial charge in [0.25, 0.3) is 5.91 Å². The Kier molecular flexibility index (Phi) is 3.77. The number of aromatic hydroxyl groups is 1. The minimum atomic E-state index is -0.139. The highest BCUT2D eigenvalue weighted by Crippen LogP contribution is 2.36. The fourth-order valence-electron chi connectivity index (χ4n) is 1.99. The van der Waals surface area contributed by atoms with E-state index in [4.69, 9.17) is 12.2 Å². The zero-order valence-electron chi connectivity index (χ0n) is 10.9. The van der Waals surface area contributed by atoms with E-state index in [2.05, 4.69) is 0 Å². The molecule has 0 spiro atoms. The molecule has 1 aliphatic heterocycles. The maximum atomic E-state index is 12.5. The number of phenolic OH excluding ortho intramolecular Hbond substituents is 1. The van der Waals surface area contributed by atoms with Crippen LogP contribution in [0, 0.1) is 0 Å². The van der Waals surface area contributed by atoms with Crippen LogP contribution in [0.4, 0.5) is 5.69 Å². The SMILES string of the molecule is O=C1/C(=C\c2ccccc2)SC(=S)N1c1ccc(O)cc1. The summed E-state index contributed by atoms with van der Waals surface area (Å²) in [5.41, 5.74) is 1.62. The third kappa shape index (κ3) is 2.84. The summed E-state index contributed by atoms with van der Waals surface area (Å²) in [6, 6.07) is 16.1. The Bertz CT molecular complexity index is 724. The van der Waals surface area contributed by atoms with Crippen molar-refractivity contribution < 1.29 is 9.90 Å². The van der Waals surface area contributed by atoms with Crippen molar-refractivity contribution in [2.75, 3.05) is 4.90 Å². The summed E-state index contributed by atoms with van der Waals surface area (Å²) < 4.78 is 0.493. The van der Waals surface area contributed by atoms with E-state index in [0.717, 1.165) is 5.56 Å². The highest BCUT2D eigenvalue weighted by atomic mass is 32.2. The largest absolute Gasteiger partial charge is 0.508 e. The molecule has 1 amide bonds. The van der Waals surface area contributed by atoms with Crippen LogP contribution in [0.2, 0.25) is 0 Å². The first-order chi connectivity index (χ1) is 10.1. The number of hydrogen-bond donors (Lipinski definition) is 1. The first-order valence-electron chi connectivity index (χ1n) is 6.27. The van der Waals surface area contributed by atoms with E-state index >= 15 is 0 Å². The Morgan fingerprint density at radius 1 is 1.05 bits per heavy atom. The lowest BCUT2D eigenvalue weighted by atomic mass is 10.2. The van der Waals surface area contributed by atoms with Crippen molar-refractivity contribution in [2.24, 2.45) is 0 Å². The van der Waals surface area contributed by atoms with Crippen LogP contribution < -0.4 is 4.90 Å². The van der Waals surface area contributed by atoms with E-state index < -0.39 is 0 Å². The number of carbonyl (C=O) groups excluding carboxylic acids is 1. The van der Waals surface area contributed by atoms with Crippen molar-refractivity contribution >= 4 is 46.0 Å². The van der Waals surface area contributed by atoms with Crippen LogP contribution in [0.3, 0.4) is 0 Å². The Hall–Kier alpha value is -2.11. The third-order valence-electron chi connectivity index (χ3n) is 3.00. The van der Waals surface area contributed by atoms with Crippen molar-refractivity contribution in [1.29, 1.82) is 0 Å². The van der Waals surface area contributed by atoms with E-state index in [0.29, 0.717) is 14.9 Å². The average molecular weight is 313 g/mol. The fraction of sp³-hybridized carbons (Fsp3) is 0. The van der Waals surface area contributed by atoms with Gasteiger partial charge in [0.2, 0.25) is 0 Å². The van der Waals surface area contributed by atoms with Gasteiger partial charge in [-0.25, -0.2) is 0 Å². The molecule has 1 aliphatic rings. The minimum absolute atomic E-state index is 0.139. The van der Waals surface area contributed by atoms with Gasteiger partial charge in [0.05, 0.1) is 10.6 Å². The molecule has 0 unspecified atom stereocenters. The topological polar surface area (TPSA) is 40.5 Å². The number of anilines is 1. The smallest absolute Gasteiger partial charge is 0.270 e. The fourth-order valence-corrected chi connectivity index (χ4v) is 3.29. The number of phenols is 1. The molecule has 0 aromatic heterocycles. The lowest BCUT2D eigenvalue weighted by Gasteiger charge is -2.14. The van der Waals surface area contributed by atoms with Crippen molar-refractivity contribution in [3.05, 3.63) is 65.1 Å². The van der Waals surface area contributed by atoms with Gasteiger partial charge in [-0.2, -0.15) is 0 Å². The molecule has 2 aromatic carbocycles. The monoisotopic (exact) mass is 313 g/mol. The van der Waals surface area contributed by atoms with Crippen LogP contribution in [0.1, 0.15) is 5.56 Å². The van der Waals surface area contributed by atoms with Crippen molar-refractivity contribution in [1.82, 2.24) is 0 Å². The van der Waals surface area contributed by atoms with Gasteiger partial charge >= 0.3 is 0 Å². The molecular formula is C16H11NO2S2. The first-order valence-corrected chi connectivity index (χ1v) is 7.50. The minimum Gasteiger partial charge on any atom is -0.508 e. The molecular weight excluding hydrogens is 302 g/mol. The van der Waals surface area contributed by atoms with Crippen LogP contribution in [0.5, 0.6) is 5.75 Å². The Morgan fingerprint density at radius 3 is 2.38 bits per heavy atom. The van der Waals surface area contributed by atoms with E-state index in [1.165, 1.54) is 28.8 Å². The maximum absolute atomic E-state index is 12.5. The predicted octanol–water partition coefficient (Wildman–Crippen LogP) is 3.80. The second-order valence-corrected chi connectivity index (χ2v) is 6.12. The predicted molar refractivity (Wildman–Crippen MR) is 90.2 cm³/mol. The molecule has 0 saturated carbocycles. The van der Waals surface area contributed by atoms with Crippen molar-refractivity contribution in [3.63, 3.8) is 0 Å². The molecule has 5 heteroatoms. The molecule has 21 heavy (non-hydrogen) atoms. The van der Waals surface area contributed by atoms with E-state index in [1.807, 2.05) is 36.4 Å². The van der Waals surface area contributed by atoms with E-state index in [-0.39, 0.29) is 11.7 Å². The number of thiocarbonyl (C=S) groups is 1. The molecule has 104 valence electrons. The Labute approximate surface area is 131 Å². The van der Waals surface area contributed by atoms with Gasteiger partial charge in [-0.15, -0.1) is 0 Å². The first kappa shape index (κ1) is 13.9. The molecule has 0 radical (unpaired) electrons. The summed E-state index contributed by atoms with van der Waals surface area (Å²) in [5, 5.41) is 9.33. The van der Waals surface area contributed by atoms with Crippen LogP contribution in [-0.2, 0) is 4.79 Å². The summed E-state index contributed by atoms with van der Waals surface area (Å²) in [7, 11) is 0. The summed E-state index contributed by atoms with van der Waals surface area (Å²) in [6.07, 6.45) is 1.83. The number of hydrogen-bond acceptors (Lipinski definition) is 4. The molecule has 0 atom stereocenters. The summed E-state index contributed by atoms with van der Waals surface area (Å²) >= 11 is 6.57. The van der Waals surface area contributed by atoms with Gasteiger partial charge in [0.1, 0.15) is 5.75 Å². The van der Waals surface area contributed by atoms with Gasteiger partial charge in [-0.05, 0) is 35.9 Å². The average Bonchev–Trinajstić information content (AvgIpc) is 2.76. The molecule has 1 N–H and O–H groups in total. The third-order valence-corrected chi connectivity index (χ3v) is 4.30. The lowest BCUT2D eigenvalue weighted by molar-refractivity contribution is -0.113. The number of rotatable bonds is 2. The molecule has 0 aliphatic carbocycles. The Morgan fingerprint density at radius 2 is 1.71 bits per heavy atom. The molecule has 1 saturated heterocycles. The molecule has 3 rings (SSSR count). The molecule has 1 heterocycles. The number of nitrogens with zero attached hydrogens (tertiary/aromatic N) is 1. The number of amides is 1. The van der Waals surface area contributed by atoms with E-state index in [1.54, 1.807) is 12.1 Å². The summed E-state index contributed by atoms with van der Waals surface area (Å²) in [6.45, 7) is 0. The highest BCUT2D eigenvalue weighted by Gasteiger charge is 2.33. The lowest BCUT2D eigenvalue weighted by Crippen LogP contribution is -2.27. The number of thioether (sulfide) groups is 1. The quantitative estimate of drug-likeness (QED) is 0.676. The van der Waals surface area contributed by atoms with Gasteiger partial charge in [-0.1, -0.05) is 54.3 Å². The van der Waals surface area contributed by atoms with E-state index in [9.17, 15) is 9.90 Å². The second-order valence-electron chi connectivity index (χ2n) is 4.44. The van der Waals surface area contributed by atoms with Gasteiger partial charge in [-0.3, -0.25) is 9.69 Å². The second kappa shape index (κ2) is 5.71. The van der Waals surface area contributed by atoms with Crippen LogP contribution >= 0.6 is 24.0 Å². The van der Waals surface area contributed by atoms with Crippen LogP contribution in [0.15, 0.2) is 59.5 Å². The zero-order chi connectivity index (χ0) is 14.8. The normalized spacial score (nSPS) is 16.8. The molecule has 3 nitrogen and oxygen atoms in total. The standard InChI is InChI=1S/C16H11NO2S2/c18-13-8-6-12(7-9-13)17-15(19)14(21-16(17)20)10-11-4-2-1-3-5-11/h1-10,18H/b14-10+. The summed E-state index contributed by atoms with van der Waals surface area (Å²) in [5.74, 6) is 0.0172. The number of benzene rings is 2. The van der Waals surface area contributed by atoms with Gasteiger partial charge < -0.3 is 5.11 Å². The van der Waals surface area contributed by atoms with Gasteiger partial charge in [0.15, 0.2) is 4.32 Å². The maximum Gasteiger partial charge on any atom is 0.270 e. The molecule has 1 fully saturated rings. The molecule has 2 aromatic rings. The van der Waals surface area contributed by atoms with Crippen LogP contribution in [0.25, 0.3) is 6.08 Å².